The average molecular weight is 404 g/mol. The number of anilines is 3. The molecule has 0 amide bonds. The molecule has 0 aliphatic heterocycles. The summed E-state index contributed by atoms with van der Waals surface area (Å²) in [7, 11) is 0. The van der Waals surface area contributed by atoms with Crippen LogP contribution in [0.2, 0.25) is 0 Å². The summed E-state index contributed by atoms with van der Waals surface area (Å²) in [5.41, 5.74) is 4.18. The van der Waals surface area contributed by atoms with Crippen LogP contribution in [0.15, 0.2) is 47.8 Å². The summed E-state index contributed by atoms with van der Waals surface area (Å²) in [6.07, 6.45) is 2.48. The van der Waals surface area contributed by atoms with Gasteiger partial charge >= 0.3 is 0 Å². The lowest BCUT2D eigenvalue weighted by atomic mass is 10.2. The van der Waals surface area contributed by atoms with Crippen LogP contribution < -0.4 is 10.6 Å². The monoisotopic (exact) mass is 403 g/mol. The van der Waals surface area contributed by atoms with Crippen LogP contribution in [0.3, 0.4) is 0 Å². The Kier molecular flexibility index (Phi) is 4.69. The van der Waals surface area contributed by atoms with E-state index in [0.29, 0.717) is 18.4 Å². The average Bonchev–Trinajstić information content (AvgIpc) is 3.29. The van der Waals surface area contributed by atoms with Crippen molar-refractivity contribution in [3.05, 3.63) is 64.2 Å². The van der Waals surface area contributed by atoms with Crippen LogP contribution >= 0.6 is 11.3 Å². The van der Waals surface area contributed by atoms with Gasteiger partial charge in [0.15, 0.2) is 5.82 Å². The Labute approximate surface area is 172 Å². The number of benzene rings is 1. The smallest absolute Gasteiger partial charge is 0.225 e. The summed E-state index contributed by atoms with van der Waals surface area (Å²) in [6, 6.07) is 14.2. The molecule has 7 nitrogen and oxygen atoms in total. The molecule has 1 aromatic carbocycles. The Balaban J connectivity index is 1.26. The number of aromatic amines is 1. The first kappa shape index (κ1) is 17.8. The fourth-order valence-electron chi connectivity index (χ4n) is 3.14. The molecule has 1 aliphatic rings. The highest BCUT2D eigenvalue weighted by atomic mass is 32.1. The Hall–Kier alpha value is -3.26. The van der Waals surface area contributed by atoms with Gasteiger partial charge in [-0.2, -0.15) is 10.1 Å². The third-order valence-corrected chi connectivity index (χ3v) is 5.59. The number of nitrogens with zero attached hydrogens (tertiary/aromatic N) is 4. The maximum Gasteiger partial charge on any atom is 0.225 e. The van der Waals surface area contributed by atoms with Gasteiger partial charge in [0.25, 0.3) is 0 Å². The van der Waals surface area contributed by atoms with E-state index >= 15 is 0 Å². The molecule has 29 heavy (non-hydrogen) atoms. The SMILES string of the molecule is Cc1cc(Nc2cc(C3CC3)[nH]n2)nc(NCc2nc(-c3ccccc3)cs2)n1. The van der Waals surface area contributed by atoms with Crippen molar-refractivity contribution in [2.24, 2.45) is 0 Å². The van der Waals surface area contributed by atoms with Crippen LogP contribution in [0, 0.1) is 6.92 Å². The van der Waals surface area contributed by atoms with Crippen LogP contribution in [-0.4, -0.2) is 25.1 Å². The van der Waals surface area contributed by atoms with Gasteiger partial charge in [-0.25, -0.2) is 9.97 Å². The zero-order valence-corrected chi connectivity index (χ0v) is 16.8. The first-order valence-corrected chi connectivity index (χ1v) is 10.5. The van der Waals surface area contributed by atoms with Crippen molar-refractivity contribution in [2.45, 2.75) is 32.2 Å². The molecule has 3 heterocycles. The number of rotatable bonds is 7. The largest absolute Gasteiger partial charge is 0.348 e. The standard InChI is InChI=1S/C21H21N7S/c1-13-9-18(25-19-10-16(27-28-19)15-7-8-15)26-21(23-13)22-11-20-24-17(12-29-20)14-5-3-2-4-6-14/h2-6,9-10,12,15H,7-8,11H2,1H3,(H3,22,23,25,26,27,28). The quantitative estimate of drug-likeness (QED) is 0.408. The molecule has 1 saturated carbocycles. The molecule has 1 fully saturated rings. The third-order valence-electron chi connectivity index (χ3n) is 4.74. The fraction of sp³-hybridized carbons (Fsp3) is 0.238. The van der Waals surface area contributed by atoms with Crippen molar-refractivity contribution in [3.8, 4) is 11.3 Å². The van der Waals surface area contributed by atoms with Crippen LogP contribution in [-0.2, 0) is 6.54 Å². The second-order valence-electron chi connectivity index (χ2n) is 7.17. The third kappa shape index (κ3) is 4.27. The molecule has 0 unspecified atom stereocenters. The molecule has 1 aliphatic carbocycles. The lowest BCUT2D eigenvalue weighted by Gasteiger charge is -2.07. The number of H-pyrrole nitrogens is 1. The fourth-order valence-corrected chi connectivity index (χ4v) is 3.88. The number of aromatic nitrogens is 5. The van der Waals surface area contributed by atoms with Crippen molar-refractivity contribution < 1.29 is 0 Å². The van der Waals surface area contributed by atoms with Gasteiger partial charge in [0, 0.05) is 40.4 Å². The highest BCUT2D eigenvalue weighted by molar-refractivity contribution is 7.09. The van der Waals surface area contributed by atoms with E-state index in [1.54, 1.807) is 11.3 Å². The number of thiazole rings is 1. The molecule has 4 aromatic rings. The lowest BCUT2D eigenvalue weighted by Crippen LogP contribution is -2.06. The highest BCUT2D eigenvalue weighted by Crippen LogP contribution is 2.39. The Morgan fingerprint density at radius 3 is 2.76 bits per heavy atom. The minimum atomic E-state index is 0.571. The van der Waals surface area contributed by atoms with Gasteiger partial charge in [-0.15, -0.1) is 11.3 Å². The second kappa shape index (κ2) is 7.63. The van der Waals surface area contributed by atoms with Gasteiger partial charge in [-0.1, -0.05) is 30.3 Å². The van der Waals surface area contributed by atoms with Crippen LogP contribution in [0.25, 0.3) is 11.3 Å². The highest BCUT2D eigenvalue weighted by Gasteiger charge is 2.25. The predicted octanol–water partition coefficient (Wildman–Crippen LogP) is 4.86. The number of hydrogen-bond acceptors (Lipinski definition) is 7. The zero-order chi connectivity index (χ0) is 19.6. The van der Waals surface area contributed by atoms with E-state index < -0.39 is 0 Å². The van der Waals surface area contributed by atoms with E-state index in [1.807, 2.05) is 31.2 Å². The molecular formula is C21H21N7S. The summed E-state index contributed by atoms with van der Waals surface area (Å²) >= 11 is 1.63. The molecule has 0 spiro atoms. The Bertz CT molecular complexity index is 1120. The molecule has 8 heteroatoms. The summed E-state index contributed by atoms with van der Waals surface area (Å²) in [6.45, 7) is 2.53. The molecule has 3 N–H and O–H groups in total. The topological polar surface area (TPSA) is 91.4 Å². The van der Waals surface area contributed by atoms with Gasteiger partial charge in [-0.05, 0) is 19.8 Å². The summed E-state index contributed by atoms with van der Waals surface area (Å²) in [4.78, 5) is 13.8. The lowest BCUT2D eigenvalue weighted by molar-refractivity contribution is 0.965. The normalized spacial score (nSPS) is 13.4. The van der Waals surface area contributed by atoms with Crippen molar-refractivity contribution in [2.75, 3.05) is 10.6 Å². The molecule has 5 rings (SSSR count). The van der Waals surface area contributed by atoms with Crippen molar-refractivity contribution in [3.63, 3.8) is 0 Å². The second-order valence-corrected chi connectivity index (χ2v) is 8.11. The minimum Gasteiger partial charge on any atom is -0.348 e. The summed E-state index contributed by atoms with van der Waals surface area (Å²) < 4.78 is 0. The number of hydrogen-bond donors (Lipinski definition) is 3. The minimum absolute atomic E-state index is 0.571. The van der Waals surface area contributed by atoms with Crippen molar-refractivity contribution >= 4 is 28.9 Å². The molecule has 0 saturated heterocycles. The van der Waals surface area contributed by atoms with Crippen LogP contribution in [0.4, 0.5) is 17.6 Å². The molecular weight excluding hydrogens is 382 g/mol. The Morgan fingerprint density at radius 2 is 1.93 bits per heavy atom. The molecule has 3 aromatic heterocycles. The van der Waals surface area contributed by atoms with E-state index in [0.717, 1.165) is 33.6 Å². The van der Waals surface area contributed by atoms with Crippen molar-refractivity contribution in [1.29, 1.82) is 0 Å². The van der Waals surface area contributed by atoms with Crippen molar-refractivity contribution in [1.82, 2.24) is 25.1 Å². The maximum atomic E-state index is 4.70. The van der Waals surface area contributed by atoms with Gasteiger partial charge in [0.2, 0.25) is 5.95 Å². The zero-order valence-electron chi connectivity index (χ0n) is 16.0. The molecule has 0 atom stereocenters. The Morgan fingerprint density at radius 1 is 1.07 bits per heavy atom. The first-order chi connectivity index (χ1) is 14.2. The first-order valence-electron chi connectivity index (χ1n) is 9.65. The summed E-state index contributed by atoms with van der Waals surface area (Å²) in [5.74, 6) is 2.71. The molecule has 0 bridgehead atoms. The maximum absolute atomic E-state index is 4.70. The molecule has 146 valence electrons. The number of aryl methyl sites for hydroxylation is 1. The van der Waals surface area contributed by atoms with E-state index in [4.69, 9.17) is 4.98 Å². The van der Waals surface area contributed by atoms with E-state index in [-0.39, 0.29) is 0 Å². The van der Waals surface area contributed by atoms with Gasteiger partial charge < -0.3 is 10.6 Å². The number of nitrogens with one attached hydrogen (secondary N) is 3. The van der Waals surface area contributed by atoms with Gasteiger partial charge in [0.1, 0.15) is 10.8 Å². The van der Waals surface area contributed by atoms with E-state index in [2.05, 4.69) is 54.4 Å². The summed E-state index contributed by atoms with van der Waals surface area (Å²) in [5, 5.41) is 17.0. The van der Waals surface area contributed by atoms with Crippen LogP contribution in [0.5, 0.6) is 0 Å². The van der Waals surface area contributed by atoms with Crippen LogP contribution in [0.1, 0.15) is 35.2 Å². The molecule has 0 radical (unpaired) electrons. The van der Waals surface area contributed by atoms with E-state index in [9.17, 15) is 0 Å². The van der Waals surface area contributed by atoms with Gasteiger partial charge in [-0.3, -0.25) is 5.10 Å². The van der Waals surface area contributed by atoms with E-state index in [1.165, 1.54) is 18.5 Å². The van der Waals surface area contributed by atoms with Gasteiger partial charge in [0.05, 0.1) is 12.2 Å². The predicted molar refractivity (Wildman–Crippen MR) is 115 cm³/mol.